The van der Waals surface area contributed by atoms with Crippen LogP contribution in [0.3, 0.4) is 0 Å². The monoisotopic (exact) mass is 294 g/mol. The van der Waals surface area contributed by atoms with Crippen molar-refractivity contribution in [2.45, 2.75) is 33.6 Å². The minimum Gasteiger partial charge on any atom is -0.143 e. The zero-order valence-corrected chi connectivity index (χ0v) is 13.5. The quantitative estimate of drug-likeness (QED) is 0.646. The van der Waals surface area contributed by atoms with Gasteiger partial charge >= 0.3 is 0 Å². The Morgan fingerprint density at radius 3 is 2.67 bits per heavy atom. The summed E-state index contributed by atoms with van der Waals surface area (Å²) in [5.74, 6) is 0. The molecule has 2 aromatic heterocycles. The van der Waals surface area contributed by atoms with Crippen LogP contribution in [-0.2, 0) is 6.42 Å². The van der Waals surface area contributed by atoms with Crippen LogP contribution in [0.2, 0.25) is 0 Å². The van der Waals surface area contributed by atoms with E-state index in [1.54, 1.807) is 0 Å². The maximum atomic E-state index is 4.65. The summed E-state index contributed by atoms with van der Waals surface area (Å²) in [6.07, 6.45) is 2.16. The Balaban J connectivity index is 2.37. The largest absolute Gasteiger partial charge is 0.143 e. The van der Waals surface area contributed by atoms with Gasteiger partial charge in [0.2, 0.25) is 0 Å². The van der Waals surface area contributed by atoms with Crippen LogP contribution in [0.5, 0.6) is 0 Å². The maximum Gasteiger partial charge on any atom is 0.0474 e. The number of thiol groups is 1. The lowest BCUT2D eigenvalue weighted by molar-refractivity contribution is 1.11. The summed E-state index contributed by atoms with van der Waals surface area (Å²) in [4.78, 5) is 5.21. The minimum atomic E-state index is 1.06. The summed E-state index contributed by atoms with van der Waals surface area (Å²) in [5, 5.41) is 2.18. The molecule has 3 heteroatoms. The molecule has 0 aliphatic heterocycles. The highest BCUT2D eigenvalue weighted by molar-refractivity contribution is 7.90. The molecule has 0 saturated heterocycles. The SMILES string of the molecule is CC/C(C)=C(/S)c1ccc(-c2sccc2CC)s1. The fourth-order valence-corrected chi connectivity index (χ4v) is 4.35. The van der Waals surface area contributed by atoms with Gasteiger partial charge in [0.05, 0.1) is 0 Å². The van der Waals surface area contributed by atoms with Crippen molar-refractivity contribution in [3.63, 3.8) is 0 Å². The molecule has 0 atom stereocenters. The average Bonchev–Trinajstić information content (AvgIpc) is 3.04. The summed E-state index contributed by atoms with van der Waals surface area (Å²) in [5.41, 5.74) is 2.80. The normalized spacial score (nSPS) is 12.7. The van der Waals surface area contributed by atoms with Gasteiger partial charge in [0.25, 0.3) is 0 Å². The number of allylic oxidation sites excluding steroid dienone is 1. The molecule has 96 valence electrons. The molecule has 0 amide bonds. The molecular formula is C15H18S3. The molecule has 0 aromatic carbocycles. The summed E-state index contributed by atoms with van der Waals surface area (Å²) < 4.78 is 0. The van der Waals surface area contributed by atoms with Crippen LogP contribution in [0.4, 0.5) is 0 Å². The van der Waals surface area contributed by atoms with Crippen LogP contribution >= 0.6 is 35.3 Å². The topological polar surface area (TPSA) is 0 Å². The fourth-order valence-electron chi connectivity index (χ4n) is 1.80. The van der Waals surface area contributed by atoms with Gasteiger partial charge in [-0.25, -0.2) is 0 Å². The van der Waals surface area contributed by atoms with Gasteiger partial charge in [-0.1, -0.05) is 19.4 Å². The lowest BCUT2D eigenvalue weighted by Crippen LogP contribution is -1.77. The highest BCUT2D eigenvalue weighted by Gasteiger charge is 2.10. The minimum absolute atomic E-state index is 1.06. The highest BCUT2D eigenvalue weighted by atomic mass is 32.1. The molecule has 2 rings (SSSR count). The van der Waals surface area contributed by atoms with E-state index >= 15 is 0 Å². The van der Waals surface area contributed by atoms with E-state index in [9.17, 15) is 0 Å². The van der Waals surface area contributed by atoms with Crippen molar-refractivity contribution in [2.75, 3.05) is 0 Å². The van der Waals surface area contributed by atoms with Gasteiger partial charge in [0, 0.05) is 19.5 Å². The maximum absolute atomic E-state index is 4.65. The van der Waals surface area contributed by atoms with Crippen molar-refractivity contribution in [1.29, 1.82) is 0 Å². The predicted octanol–water partition coefficient (Wildman–Crippen LogP) is 6.11. The Bertz CT molecular complexity index is 558. The average molecular weight is 295 g/mol. The number of hydrogen-bond donors (Lipinski definition) is 1. The van der Waals surface area contributed by atoms with E-state index in [-0.39, 0.29) is 0 Å². The highest BCUT2D eigenvalue weighted by Crippen LogP contribution is 2.39. The molecule has 0 aliphatic carbocycles. The van der Waals surface area contributed by atoms with E-state index in [0.717, 1.165) is 17.7 Å². The third-order valence-corrected chi connectivity index (χ3v) is 6.14. The van der Waals surface area contributed by atoms with E-state index < -0.39 is 0 Å². The van der Waals surface area contributed by atoms with Crippen molar-refractivity contribution in [1.82, 2.24) is 0 Å². The molecule has 0 bridgehead atoms. The molecule has 2 aromatic rings. The van der Waals surface area contributed by atoms with Crippen LogP contribution in [0.25, 0.3) is 14.7 Å². The molecule has 0 spiro atoms. The summed E-state index contributed by atoms with van der Waals surface area (Å²) in [6, 6.07) is 6.65. The van der Waals surface area contributed by atoms with Crippen molar-refractivity contribution in [2.24, 2.45) is 0 Å². The molecule has 18 heavy (non-hydrogen) atoms. The molecule has 0 aliphatic rings. The first kappa shape index (κ1) is 13.9. The second-order valence-corrected chi connectivity index (χ2v) is 6.72. The third-order valence-electron chi connectivity index (χ3n) is 3.13. The second kappa shape index (κ2) is 6.09. The smallest absolute Gasteiger partial charge is 0.0474 e. The second-order valence-electron chi connectivity index (χ2n) is 4.27. The van der Waals surface area contributed by atoms with Gasteiger partial charge in [0.1, 0.15) is 0 Å². The molecule has 0 nitrogen and oxygen atoms in total. The van der Waals surface area contributed by atoms with Crippen LogP contribution in [0.1, 0.15) is 37.6 Å². The van der Waals surface area contributed by atoms with Crippen LogP contribution in [-0.4, -0.2) is 0 Å². The molecule has 0 saturated carbocycles. The predicted molar refractivity (Wildman–Crippen MR) is 88.9 cm³/mol. The fraction of sp³-hybridized carbons (Fsp3) is 0.333. The van der Waals surface area contributed by atoms with Gasteiger partial charge in [-0.3, -0.25) is 0 Å². The third kappa shape index (κ3) is 2.73. The zero-order chi connectivity index (χ0) is 13.1. The first-order valence-corrected chi connectivity index (χ1v) is 8.37. The standard InChI is InChI=1S/C15H18S3/c1-4-10(3)14(16)12-6-7-13(18-12)15-11(5-2)8-9-17-15/h6-9,16H,4-5H2,1-3H3/b14-10+. The van der Waals surface area contributed by atoms with Crippen molar-refractivity contribution >= 4 is 40.2 Å². The van der Waals surface area contributed by atoms with Gasteiger partial charge in [-0.15, -0.1) is 35.3 Å². The van der Waals surface area contributed by atoms with Crippen LogP contribution in [0.15, 0.2) is 29.2 Å². The van der Waals surface area contributed by atoms with E-state index in [1.807, 2.05) is 22.7 Å². The van der Waals surface area contributed by atoms with Gasteiger partial charge in [-0.2, -0.15) is 0 Å². The summed E-state index contributed by atoms with van der Waals surface area (Å²) >= 11 is 8.33. The molecular weight excluding hydrogens is 276 g/mol. The number of aryl methyl sites for hydroxylation is 1. The van der Waals surface area contributed by atoms with E-state index in [0.29, 0.717) is 0 Å². The van der Waals surface area contributed by atoms with Crippen molar-refractivity contribution in [3.05, 3.63) is 39.6 Å². The van der Waals surface area contributed by atoms with Crippen molar-refractivity contribution in [3.8, 4) is 9.75 Å². The Morgan fingerprint density at radius 1 is 1.22 bits per heavy atom. The Labute approximate surface area is 123 Å². The molecule has 0 radical (unpaired) electrons. The van der Waals surface area contributed by atoms with Gasteiger partial charge in [-0.05, 0) is 48.9 Å². The Kier molecular flexibility index (Phi) is 4.71. The molecule has 0 unspecified atom stereocenters. The van der Waals surface area contributed by atoms with Crippen molar-refractivity contribution < 1.29 is 0 Å². The van der Waals surface area contributed by atoms with E-state index in [2.05, 4.69) is 57.0 Å². The molecule has 0 fully saturated rings. The van der Waals surface area contributed by atoms with Crippen LogP contribution in [0, 0.1) is 0 Å². The molecule has 0 N–H and O–H groups in total. The Hall–Kier alpha value is -0.510. The first-order valence-electron chi connectivity index (χ1n) is 6.23. The lowest BCUT2D eigenvalue weighted by Gasteiger charge is -2.01. The summed E-state index contributed by atoms with van der Waals surface area (Å²) in [7, 11) is 0. The van der Waals surface area contributed by atoms with Crippen LogP contribution < -0.4 is 0 Å². The first-order chi connectivity index (χ1) is 8.67. The number of rotatable bonds is 4. The van der Waals surface area contributed by atoms with Gasteiger partial charge < -0.3 is 0 Å². The molecule has 2 heterocycles. The zero-order valence-electron chi connectivity index (χ0n) is 11.0. The van der Waals surface area contributed by atoms with E-state index in [4.69, 9.17) is 0 Å². The summed E-state index contributed by atoms with van der Waals surface area (Å²) in [6.45, 7) is 6.55. The lowest BCUT2D eigenvalue weighted by atomic mass is 10.2. The Morgan fingerprint density at radius 2 is 2.00 bits per heavy atom. The number of hydrogen-bond acceptors (Lipinski definition) is 3. The van der Waals surface area contributed by atoms with Gasteiger partial charge in [0.15, 0.2) is 0 Å². The van der Waals surface area contributed by atoms with E-state index in [1.165, 1.54) is 25.8 Å². The number of thiophene rings is 2.